The van der Waals surface area contributed by atoms with Crippen molar-refractivity contribution in [3.05, 3.63) is 35.9 Å². The Morgan fingerprint density at radius 2 is 1.56 bits per heavy atom. The maximum absolute atomic E-state index is 14.3. The summed E-state index contributed by atoms with van der Waals surface area (Å²) in [5.41, 5.74) is 6.46. The SMILES string of the molecule is CC[C@H](C)[C@@H]([C@@H](CC(=O)N1CCC[C@H]1[C@H](OC)[C@@H](C)C(=O)N[C@@H](Cc1ccccc1)C(=O)OCCCN)OC)N(C)C(=O)[C@@H](NC(=O)[C@H](C(C)C)N(C)C)C(C)C. The first-order valence-electron chi connectivity index (χ1n) is 20.7. The number of methoxy groups -OCH3 is 2. The standard InChI is InChI=1S/C43H74N6O8/c1-13-29(6)38(48(10)42(53)36(27(2)3)46-41(52)37(28(4)5)47(8)9)34(55-11)26-35(50)49-23-17-21-33(49)39(56-12)30(7)40(51)45-32(43(54)57-24-18-22-44)25-31-19-15-14-16-20-31/h14-16,19-20,27-30,32-34,36-39H,13,17-18,21-26,44H2,1-12H3,(H,45,51)(H,46,52)/t29-,30+,32-,33-,34+,36-,37-,38-,39+/m0/s1. The molecule has 324 valence electrons. The van der Waals surface area contributed by atoms with Gasteiger partial charge in [0.1, 0.15) is 12.1 Å². The van der Waals surface area contributed by atoms with Gasteiger partial charge in [0.15, 0.2) is 0 Å². The fourth-order valence-corrected chi connectivity index (χ4v) is 8.11. The summed E-state index contributed by atoms with van der Waals surface area (Å²) < 4.78 is 17.4. The lowest BCUT2D eigenvalue weighted by atomic mass is 9.89. The Hall–Kier alpha value is -3.59. The van der Waals surface area contributed by atoms with Crippen LogP contribution in [-0.2, 0) is 44.6 Å². The fourth-order valence-electron chi connectivity index (χ4n) is 8.11. The van der Waals surface area contributed by atoms with E-state index in [1.54, 1.807) is 30.9 Å². The maximum atomic E-state index is 14.3. The number of ether oxygens (including phenoxy) is 3. The first-order chi connectivity index (χ1) is 26.9. The number of esters is 1. The van der Waals surface area contributed by atoms with Gasteiger partial charge in [-0.15, -0.1) is 0 Å². The number of hydrogen-bond donors (Lipinski definition) is 3. The number of likely N-dealkylation sites (tertiary alicyclic amines) is 1. The number of nitrogens with two attached hydrogens (primary N) is 1. The van der Waals surface area contributed by atoms with E-state index in [1.807, 2.05) is 90.9 Å². The minimum absolute atomic E-state index is 0.000808. The monoisotopic (exact) mass is 803 g/mol. The van der Waals surface area contributed by atoms with Gasteiger partial charge in [-0.1, -0.05) is 85.2 Å². The third kappa shape index (κ3) is 14.0. The predicted octanol–water partition coefficient (Wildman–Crippen LogP) is 3.25. The van der Waals surface area contributed by atoms with E-state index in [1.165, 1.54) is 7.11 Å². The molecule has 2 rings (SSSR count). The van der Waals surface area contributed by atoms with E-state index in [0.29, 0.717) is 25.9 Å². The van der Waals surface area contributed by atoms with Gasteiger partial charge in [0.2, 0.25) is 23.6 Å². The lowest BCUT2D eigenvalue weighted by Crippen LogP contribution is -2.59. The molecule has 0 aromatic heterocycles. The molecule has 0 aliphatic carbocycles. The van der Waals surface area contributed by atoms with Crippen LogP contribution in [0.2, 0.25) is 0 Å². The number of likely N-dealkylation sites (N-methyl/N-ethyl adjacent to an activating group) is 2. The van der Waals surface area contributed by atoms with Crippen molar-refractivity contribution in [2.24, 2.45) is 29.4 Å². The van der Waals surface area contributed by atoms with Gasteiger partial charge in [-0.2, -0.15) is 0 Å². The minimum atomic E-state index is -0.924. The third-order valence-corrected chi connectivity index (χ3v) is 11.4. The Labute approximate surface area is 342 Å². The number of amides is 4. The molecular formula is C43H74N6O8. The Kier molecular flexibility index (Phi) is 21.2. The molecule has 0 saturated carbocycles. The van der Waals surface area contributed by atoms with Gasteiger partial charge >= 0.3 is 5.97 Å². The van der Waals surface area contributed by atoms with Crippen LogP contribution in [0.5, 0.6) is 0 Å². The smallest absolute Gasteiger partial charge is 0.328 e. The zero-order valence-electron chi connectivity index (χ0n) is 36.8. The molecule has 1 aromatic carbocycles. The zero-order valence-corrected chi connectivity index (χ0v) is 36.8. The lowest BCUT2D eigenvalue weighted by molar-refractivity contribution is -0.150. The molecule has 4 amide bonds. The van der Waals surface area contributed by atoms with Crippen LogP contribution in [0.1, 0.15) is 86.1 Å². The van der Waals surface area contributed by atoms with E-state index in [0.717, 1.165) is 18.4 Å². The molecule has 14 nitrogen and oxygen atoms in total. The Bertz CT molecular complexity index is 1400. The highest BCUT2D eigenvalue weighted by molar-refractivity contribution is 5.90. The maximum Gasteiger partial charge on any atom is 0.328 e. The van der Waals surface area contributed by atoms with Crippen molar-refractivity contribution >= 4 is 29.6 Å². The molecule has 1 fully saturated rings. The summed E-state index contributed by atoms with van der Waals surface area (Å²) in [5, 5.41) is 5.94. The van der Waals surface area contributed by atoms with Crippen molar-refractivity contribution in [1.82, 2.24) is 25.3 Å². The summed E-state index contributed by atoms with van der Waals surface area (Å²) in [6, 6.07) is 6.41. The molecule has 4 N–H and O–H groups in total. The lowest BCUT2D eigenvalue weighted by Gasteiger charge is -2.41. The second-order valence-corrected chi connectivity index (χ2v) is 16.5. The van der Waals surface area contributed by atoms with Crippen molar-refractivity contribution in [1.29, 1.82) is 0 Å². The van der Waals surface area contributed by atoms with Crippen molar-refractivity contribution in [2.75, 3.05) is 55.1 Å². The first-order valence-corrected chi connectivity index (χ1v) is 20.7. The number of carbonyl (C=O) groups excluding carboxylic acids is 5. The van der Waals surface area contributed by atoms with Crippen LogP contribution in [0.15, 0.2) is 30.3 Å². The van der Waals surface area contributed by atoms with E-state index < -0.39 is 54.3 Å². The van der Waals surface area contributed by atoms with E-state index in [9.17, 15) is 24.0 Å². The van der Waals surface area contributed by atoms with Crippen LogP contribution in [0, 0.1) is 23.7 Å². The Morgan fingerprint density at radius 1 is 0.912 bits per heavy atom. The highest BCUT2D eigenvalue weighted by atomic mass is 16.5. The van der Waals surface area contributed by atoms with Crippen LogP contribution in [0.25, 0.3) is 0 Å². The van der Waals surface area contributed by atoms with Crippen molar-refractivity contribution < 1.29 is 38.2 Å². The van der Waals surface area contributed by atoms with Crippen molar-refractivity contribution in [2.45, 2.75) is 129 Å². The Balaban J connectivity index is 2.29. The van der Waals surface area contributed by atoms with E-state index in [-0.39, 0.29) is 60.8 Å². The molecule has 1 aliphatic rings. The molecule has 9 atom stereocenters. The number of hydrogen-bond acceptors (Lipinski definition) is 10. The summed E-state index contributed by atoms with van der Waals surface area (Å²) in [7, 11) is 8.51. The largest absolute Gasteiger partial charge is 0.464 e. The molecule has 0 unspecified atom stereocenters. The minimum Gasteiger partial charge on any atom is -0.464 e. The van der Waals surface area contributed by atoms with Crippen molar-refractivity contribution in [3.63, 3.8) is 0 Å². The summed E-state index contributed by atoms with van der Waals surface area (Å²) in [5.74, 6) is -2.46. The van der Waals surface area contributed by atoms with Gasteiger partial charge in [-0.05, 0) is 63.2 Å². The van der Waals surface area contributed by atoms with Gasteiger partial charge < -0.3 is 40.4 Å². The average Bonchev–Trinajstić information content (AvgIpc) is 3.65. The number of rotatable bonds is 24. The van der Waals surface area contributed by atoms with Gasteiger partial charge in [-0.3, -0.25) is 24.1 Å². The molecule has 0 spiro atoms. The van der Waals surface area contributed by atoms with Crippen LogP contribution in [0.3, 0.4) is 0 Å². The summed E-state index contributed by atoms with van der Waals surface area (Å²) >= 11 is 0. The van der Waals surface area contributed by atoms with Crippen LogP contribution in [-0.4, -0.2) is 142 Å². The summed E-state index contributed by atoms with van der Waals surface area (Å²) in [4.78, 5) is 74.3. The van der Waals surface area contributed by atoms with Crippen LogP contribution < -0.4 is 16.4 Å². The van der Waals surface area contributed by atoms with Crippen LogP contribution >= 0.6 is 0 Å². The molecule has 1 aromatic rings. The normalized spacial score (nSPS) is 18.7. The van der Waals surface area contributed by atoms with Gasteiger partial charge in [0.25, 0.3) is 0 Å². The van der Waals surface area contributed by atoms with E-state index in [2.05, 4.69) is 10.6 Å². The van der Waals surface area contributed by atoms with E-state index >= 15 is 0 Å². The molecule has 57 heavy (non-hydrogen) atoms. The van der Waals surface area contributed by atoms with Gasteiger partial charge in [0.05, 0.1) is 49.3 Å². The van der Waals surface area contributed by atoms with Crippen molar-refractivity contribution in [3.8, 4) is 0 Å². The third-order valence-electron chi connectivity index (χ3n) is 11.4. The first kappa shape index (κ1) is 49.6. The zero-order chi connectivity index (χ0) is 43.0. The molecule has 1 aliphatic heterocycles. The molecular weight excluding hydrogens is 729 g/mol. The molecule has 0 radical (unpaired) electrons. The predicted molar refractivity (Wildman–Crippen MR) is 222 cm³/mol. The topological polar surface area (TPSA) is 173 Å². The van der Waals surface area contributed by atoms with E-state index in [4.69, 9.17) is 19.9 Å². The average molecular weight is 803 g/mol. The quantitative estimate of drug-likeness (QED) is 0.104. The number of nitrogens with one attached hydrogen (secondary N) is 2. The molecule has 1 saturated heterocycles. The highest BCUT2D eigenvalue weighted by Gasteiger charge is 2.43. The second-order valence-electron chi connectivity index (χ2n) is 16.5. The molecule has 0 bridgehead atoms. The fraction of sp³-hybridized carbons (Fsp3) is 0.744. The summed E-state index contributed by atoms with van der Waals surface area (Å²) in [6.07, 6.45) is 1.51. The van der Waals surface area contributed by atoms with Gasteiger partial charge in [-0.25, -0.2) is 4.79 Å². The Morgan fingerprint density at radius 3 is 2.09 bits per heavy atom. The highest BCUT2D eigenvalue weighted by Crippen LogP contribution is 2.30. The number of benzene rings is 1. The molecule has 1 heterocycles. The van der Waals surface area contributed by atoms with Crippen LogP contribution in [0.4, 0.5) is 0 Å². The number of nitrogens with zero attached hydrogens (tertiary/aromatic N) is 3. The summed E-state index contributed by atoms with van der Waals surface area (Å²) in [6.45, 7) is 14.6. The van der Waals surface area contributed by atoms with Gasteiger partial charge in [0, 0.05) is 34.2 Å². The number of carbonyl (C=O) groups is 5. The second kappa shape index (κ2) is 24.4. The molecule has 14 heteroatoms.